The van der Waals surface area contributed by atoms with Crippen molar-refractivity contribution >= 4 is 35.6 Å². The van der Waals surface area contributed by atoms with E-state index in [2.05, 4.69) is 39.5 Å². The fourth-order valence-electron chi connectivity index (χ4n) is 3.39. The van der Waals surface area contributed by atoms with Crippen molar-refractivity contribution < 1.29 is 9.47 Å². The van der Waals surface area contributed by atoms with Gasteiger partial charge in [0.15, 0.2) is 5.96 Å². The summed E-state index contributed by atoms with van der Waals surface area (Å²) >= 11 is 0. The van der Waals surface area contributed by atoms with Crippen LogP contribution in [0, 0.1) is 5.92 Å². The van der Waals surface area contributed by atoms with Gasteiger partial charge in [0.05, 0.1) is 0 Å². The number of anilines is 1. The Morgan fingerprint density at radius 2 is 2.12 bits per heavy atom. The molecule has 0 radical (unpaired) electrons. The van der Waals surface area contributed by atoms with Gasteiger partial charge in [0.1, 0.15) is 0 Å². The zero-order valence-electron chi connectivity index (χ0n) is 15.1. The second-order valence-electron chi connectivity index (χ2n) is 6.49. The van der Waals surface area contributed by atoms with Gasteiger partial charge in [-0.3, -0.25) is 4.99 Å². The SMILES string of the molecule is CN=C(NCCCOCC1CCOCC1)N1CCc2ccccc21.I. The van der Waals surface area contributed by atoms with E-state index in [-0.39, 0.29) is 24.0 Å². The molecule has 25 heavy (non-hydrogen) atoms. The number of aliphatic imine (C=N–C) groups is 1. The van der Waals surface area contributed by atoms with E-state index in [4.69, 9.17) is 9.47 Å². The summed E-state index contributed by atoms with van der Waals surface area (Å²) in [6.07, 6.45) is 4.36. The van der Waals surface area contributed by atoms with Gasteiger partial charge in [-0.25, -0.2) is 0 Å². The van der Waals surface area contributed by atoms with Gasteiger partial charge in [0, 0.05) is 52.3 Å². The number of hydrogen-bond acceptors (Lipinski definition) is 3. The number of para-hydroxylation sites is 1. The number of benzene rings is 1. The molecule has 1 aromatic rings. The van der Waals surface area contributed by atoms with Gasteiger partial charge >= 0.3 is 0 Å². The first kappa shape index (κ1) is 20.5. The van der Waals surface area contributed by atoms with Crippen LogP contribution in [0.15, 0.2) is 29.3 Å². The lowest BCUT2D eigenvalue weighted by Gasteiger charge is -2.23. The van der Waals surface area contributed by atoms with Crippen molar-refractivity contribution in [1.29, 1.82) is 0 Å². The molecule has 0 bridgehead atoms. The van der Waals surface area contributed by atoms with E-state index >= 15 is 0 Å². The Bertz CT molecular complexity index is 547. The molecule has 0 amide bonds. The zero-order chi connectivity index (χ0) is 16.6. The first-order valence-corrected chi connectivity index (χ1v) is 9.10. The number of hydrogen-bond donors (Lipinski definition) is 1. The van der Waals surface area contributed by atoms with Crippen molar-refractivity contribution in [3.8, 4) is 0 Å². The lowest BCUT2D eigenvalue weighted by molar-refractivity contribution is 0.0203. The number of guanidine groups is 1. The molecule has 2 aliphatic heterocycles. The fraction of sp³-hybridized carbons (Fsp3) is 0.632. The first-order chi connectivity index (χ1) is 11.9. The summed E-state index contributed by atoms with van der Waals surface area (Å²) < 4.78 is 11.2. The third-order valence-electron chi connectivity index (χ3n) is 4.80. The molecule has 6 heteroatoms. The molecule has 1 saturated heterocycles. The molecular weight excluding hydrogens is 429 g/mol. The normalized spacial score (nSPS) is 18.0. The summed E-state index contributed by atoms with van der Waals surface area (Å²) in [4.78, 5) is 6.71. The van der Waals surface area contributed by atoms with E-state index in [1.807, 2.05) is 7.05 Å². The van der Waals surface area contributed by atoms with Crippen molar-refractivity contribution in [1.82, 2.24) is 5.32 Å². The summed E-state index contributed by atoms with van der Waals surface area (Å²) in [5, 5.41) is 3.47. The number of halogens is 1. The van der Waals surface area contributed by atoms with Gasteiger partial charge in [0.2, 0.25) is 0 Å². The van der Waals surface area contributed by atoms with E-state index in [1.54, 1.807) is 0 Å². The molecular formula is C19H30IN3O2. The van der Waals surface area contributed by atoms with Crippen LogP contribution in [0.25, 0.3) is 0 Å². The smallest absolute Gasteiger partial charge is 0.198 e. The average Bonchev–Trinajstić information content (AvgIpc) is 3.06. The molecule has 3 rings (SSSR count). The summed E-state index contributed by atoms with van der Waals surface area (Å²) in [7, 11) is 1.85. The van der Waals surface area contributed by atoms with Gasteiger partial charge in [-0.1, -0.05) is 18.2 Å². The first-order valence-electron chi connectivity index (χ1n) is 9.10. The minimum atomic E-state index is 0. The lowest BCUT2D eigenvalue weighted by atomic mass is 10.0. The van der Waals surface area contributed by atoms with Crippen molar-refractivity contribution in [2.45, 2.75) is 25.7 Å². The highest BCUT2D eigenvalue weighted by Gasteiger charge is 2.22. The Balaban J connectivity index is 0.00000225. The maximum Gasteiger partial charge on any atom is 0.198 e. The van der Waals surface area contributed by atoms with Gasteiger partial charge in [-0.2, -0.15) is 0 Å². The van der Waals surface area contributed by atoms with Crippen LogP contribution in [0.3, 0.4) is 0 Å². The number of nitrogens with zero attached hydrogens (tertiary/aromatic N) is 2. The van der Waals surface area contributed by atoms with Crippen LogP contribution in [0.2, 0.25) is 0 Å². The topological polar surface area (TPSA) is 46.1 Å². The van der Waals surface area contributed by atoms with E-state index in [0.29, 0.717) is 5.92 Å². The standard InChI is InChI=1S/C19H29N3O2.HI/c1-20-19(22-11-7-17-5-2-3-6-18(17)22)21-10-4-12-24-15-16-8-13-23-14-9-16;/h2-3,5-6,16H,4,7-15H2,1H3,(H,20,21);1H. The number of fused-ring (bicyclic) bond motifs is 1. The Hall–Kier alpha value is -0.860. The third-order valence-corrected chi connectivity index (χ3v) is 4.80. The van der Waals surface area contributed by atoms with Crippen LogP contribution in [0.1, 0.15) is 24.8 Å². The minimum absolute atomic E-state index is 0. The molecule has 5 nitrogen and oxygen atoms in total. The second kappa shape index (κ2) is 11.0. The molecule has 0 saturated carbocycles. The maximum absolute atomic E-state index is 5.82. The van der Waals surface area contributed by atoms with Crippen LogP contribution in [0.5, 0.6) is 0 Å². The van der Waals surface area contributed by atoms with Crippen molar-refractivity contribution in [2.24, 2.45) is 10.9 Å². The number of nitrogens with one attached hydrogen (secondary N) is 1. The summed E-state index contributed by atoms with van der Waals surface area (Å²) in [5.74, 6) is 1.64. The molecule has 0 aromatic heterocycles. The summed E-state index contributed by atoms with van der Waals surface area (Å²) in [5.41, 5.74) is 2.68. The van der Waals surface area contributed by atoms with Crippen LogP contribution in [-0.2, 0) is 15.9 Å². The molecule has 2 aliphatic rings. The Kier molecular flexibility index (Phi) is 8.98. The largest absolute Gasteiger partial charge is 0.381 e. The third kappa shape index (κ3) is 5.82. The Labute approximate surface area is 168 Å². The highest BCUT2D eigenvalue weighted by atomic mass is 127. The van der Waals surface area contributed by atoms with Gasteiger partial charge in [0.25, 0.3) is 0 Å². The lowest BCUT2D eigenvalue weighted by Crippen LogP contribution is -2.41. The van der Waals surface area contributed by atoms with Gasteiger partial charge in [-0.05, 0) is 43.2 Å². The maximum atomic E-state index is 5.82. The van der Waals surface area contributed by atoms with E-state index in [0.717, 1.165) is 71.2 Å². The Morgan fingerprint density at radius 1 is 1.32 bits per heavy atom. The summed E-state index contributed by atoms with van der Waals surface area (Å²) in [6.45, 7) is 5.35. The molecule has 1 N–H and O–H groups in total. The second-order valence-corrected chi connectivity index (χ2v) is 6.49. The summed E-state index contributed by atoms with van der Waals surface area (Å²) in [6, 6.07) is 8.57. The predicted octanol–water partition coefficient (Wildman–Crippen LogP) is 3.08. The van der Waals surface area contributed by atoms with Crippen LogP contribution < -0.4 is 10.2 Å². The molecule has 0 aliphatic carbocycles. The molecule has 1 fully saturated rings. The highest BCUT2D eigenvalue weighted by Crippen LogP contribution is 2.27. The van der Waals surface area contributed by atoms with E-state index in [9.17, 15) is 0 Å². The van der Waals surface area contributed by atoms with Crippen molar-refractivity contribution in [2.75, 3.05) is 51.5 Å². The predicted molar refractivity (Wildman–Crippen MR) is 113 cm³/mol. The van der Waals surface area contributed by atoms with Crippen LogP contribution in [-0.4, -0.2) is 52.5 Å². The number of ether oxygens (including phenoxy) is 2. The highest BCUT2D eigenvalue weighted by molar-refractivity contribution is 14.0. The van der Waals surface area contributed by atoms with Gasteiger partial charge < -0.3 is 19.7 Å². The fourth-order valence-corrected chi connectivity index (χ4v) is 3.39. The van der Waals surface area contributed by atoms with Gasteiger partial charge in [-0.15, -0.1) is 24.0 Å². The molecule has 0 atom stereocenters. The molecule has 0 unspecified atom stereocenters. The number of rotatable bonds is 6. The van der Waals surface area contributed by atoms with Crippen molar-refractivity contribution in [3.63, 3.8) is 0 Å². The average molecular weight is 459 g/mol. The molecule has 140 valence electrons. The van der Waals surface area contributed by atoms with Crippen LogP contribution in [0.4, 0.5) is 5.69 Å². The van der Waals surface area contributed by atoms with Crippen LogP contribution >= 0.6 is 24.0 Å². The quantitative estimate of drug-likeness (QED) is 0.308. The van der Waals surface area contributed by atoms with E-state index < -0.39 is 0 Å². The minimum Gasteiger partial charge on any atom is -0.381 e. The molecule has 2 heterocycles. The van der Waals surface area contributed by atoms with E-state index in [1.165, 1.54) is 11.3 Å². The Morgan fingerprint density at radius 3 is 2.92 bits per heavy atom. The molecule has 0 spiro atoms. The van der Waals surface area contributed by atoms with Crippen molar-refractivity contribution in [3.05, 3.63) is 29.8 Å². The zero-order valence-corrected chi connectivity index (χ0v) is 17.4. The molecule has 1 aromatic carbocycles. The monoisotopic (exact) mass is 459 g/mol.